The van der Waals surface area contributed by atoms with Crippen molar-refractivity contribution < 1.29 is 9.90 Å². The number of hydrogen-bond donors (Lipinski definition) is 1. The molecule has 0 amide bonds. The lowest BCUT2D eigenvalue weighted by atomic mass is 9.76. The topological polar surface area (TPSA) is 40.5 Å². The number of rotatable bonds is 8. The molecule has 1 fully saturated rings. The highest BCUT2D eigenvalue weighted by Crippen LogP contribution is 2.34. The van der Waals surface area contributed by atoms with E-state index in [0.29, 0.717) is 11.8 Å². The molecule has 1 saturated carbocycles. The lowest BCUT2D eigenvalue weighted by Gasteiger charge is -2.42. The summed E-state index contributed by atoms with van der Waals surface area (Å²) in [6.45, 7) is 10.9. The minimum atomic E-state index is -0.590. The first kappa shape index (κ1) is 17.5. The van der Waals surface area contributed by atoms with Gasteiger partial charge in [-0.1, -0.05) is 47.0 Å². The average molecular weight is 283 g/mol. The summed E-state index contributed by atoms with van der Waals surface area (Å²) in [4.78, 5) is 14.0. The van der Waals surface area contributed by atoms with Crippen LogP contribution in [0.15, 0.2) is 0 Å². The minimum absolute atomic E-state index is 0.160. The molecule has 1 N–H and O–H groups in total. The smallest absolute Gasteiger partial charge is 0.308 e. The van der Waals surface area contributed by atoms with Crippen molar-refractivity contribution in [2.24, 2.45) is 17.8 Å². The molecule has 0 radical (unpaired) electrons. The van der Waals surface area contributed by atoms with E-state index in [-0.39, 0.29) is 12.0 Å². The first-order valence-electron chi connectivity index (χ1n) is 8.53. The third-order valence-electron chi connectivity index (χ3n) is 5.34. The molecule has 0 aromatic rings. The molecule has 1 aliphatic carbocycles. The normalized spacial score (nSPS) is 27.2. The van der Waals surface area contributed by atoms with Crippen molar-refractivity contribution in [3.63, 3.8) is 0 Å². The highest BCUT2D eigenvalue weighted by Gasteiger charge is 2.37. The molecule has 0 aromatic heterocycles. The summed E-state index contributed by atoms with van der Waals surface area (Å²) in [6.07, 6.45) is 6.58. The van der Waals surface area contributed by atoms with Crippen LogP contribution >= 0.6 is 0 Å². The molecule has 3 nitrogen and oxygen atoms in total. The second kappa shape index (κ2) is 8.66. The van der Waals surface area contributed by atoms with Gasteiger partial charge in [-0.2, -0.15) is 0 Å². The zero-order chi connectivity index (χ0) is 15.1. The van der Waals surface area contributed by atoms with Gasteiger partial charge in [0.1, 0.15) is 0 Å². The number of nitrogens with zero attached hydrogens (tertiary/aromatic N) is 1. The van der Waals surface area contributed by atoms with Gasteiger partial charge in [0.05, 0.1) is 5.92 Å². The van der Waals surface area contributed by atoms with Gasteiger partial charge in [0.15, 0.2) is 0 Å². The predicted octanol–water partition coefficient (Wildman–Crippen LogP) is 4.02. The second-order valence-electron chi connectivity index (χ2n) is 6.37. The summed E-state index contributed by atoms with van der Waals surface area (Å²) in [5.74, 6) is 0.664. The summed E-state index contributed by atoms with van der Waals surface area (Å²) < 4.78 is 0. The van der Waals surface area contributed by atoms with Crippen LogP contribution in [0.3, 0.4) is 0 Å². The Balaban J connectivity index is 2.79. The van der Waals surface area contributed by atoms with Gasteiger partial charge in [0.25, 0.3) is 0 Å². The van der Waals surface area contributed by atoms with Crippen LogP contribution in [0.1, 0.15) is 66.2 Å². The zero-order valence-corrected chi connectivity index (χ0v) is 13.8. The predicted molar refractivity (Wildman–Crippen MR) is 83.9 cm³/mol. The van der Waals surface area contributed by atoms with E-state index < -0.39 is 5.97 Å². The molecule has 0 spiro atoms. The van der Waals surface area contributed by atoms with E-state index in [1.165, 1.54) is 19.3 Å². The summed E-state index contributed by atoms with van der Waals surface area (Å²) in [7, 11) is 0. The highest BCUT2D eigenvalue weighted by molar-refractivity contribution is 5.71. The van der Waals surface area contributed by atoms with Gasteiger partial charge in [-0.05, 0) is 37.6 Å². The molecule has 0 aliphatic heterocycles. The Hall–Kier alpha value is -0.570. The summed E-state index contributed by atoms with van der Waals surface area (Å²) in [5, 5.41) is 9.53. The summed E-state index contributed by atoms with van der Waals surface area (Å²) in [5.41, 5.74) is 0. The van der Waals surface area contributed by atoms with Crippen LogP contribution in [0.5, 0.6) is 0 Å². The first-order chi connectivity index (χ1) is 9.57. The maximum absolute atomic E-state index is 11.6. The van der Waals surface area contributed by atoms with Crippen LogP contribution in [0.4, 0.5) is 0 Å². The average Bonchev–Trinajstić information content (AvgIpc) is 2.48. The molecular formula is C17H33NO2. The number of carboxylic acids is 1. The van der Waals surface area contributed by atoms with E-state index in [0.717, 1.165) is 32.4 Å². The van der Waals surface area contributed by atoms with Crippen LogP contribution in [-0.2, 0) is 4.79 Å². The van der Waals surface area contributed by atoms with Crippen molar-refractivity contribution in [3.05, 3.63) is 0 Å². The van der Waals surface area contributed by atoms with Gasteiger partial charge in [-0.15, -0.1) is 0 Å². The van der Waals surface area contributed by atoms with Gasteiger partial charge in [0, 0.05) is 12.6 Å². The zero-order valence-electron chi connectivity index (χ0n) is 13.8. The van der Waals surface area contributed by atoms with Crippen molar-refractivity contribution in [3.8, 4) is 0 Å². The van der Waals surface area contributed by atoms with E-state index in [2.05, 4.69) is 32.6 Å². The molecule has 1 aliphatic rings. The van der Waals surface area contributed by atoms with Crippen molar-refractivity contribution in [1.82, 2.24) is 4.90 Å². The van der Waals surface area contributed by atoms with E-state index >= 15 is 0 Å². The van der Waals surface area contributed by atoms with Crippen LogP contribution < -0.4 is 0 Å². The van der Waals surface area contributed by atoms with Gasteiger partial charge in [0.2, 0.25) is 0 Å². The summed E-state index contributed by atoms with van der Waals surface area (Å²) in [6, 6.07) is 0.247. The monoisotopic (exact) mass is 283 g/mol. The quantitative estimate of drug-likeness (QED) is 0.731. The Kier molecular flexibility index (Phi) is 7.57. The van der Waals surface area contributed by atoms with Crippen LogP contribution in [-0.4, -0.2) is 35.1 Å². The number of aliphatic carboxylic acids is 1. The fourth-order valence-corrected chi connectivity index (χ4v) is 3.67. The van der Waals surface area contributed by atoms with Gasteiger partial charge >= 0.3 is 5.97 Å². The van der Waals surface area contributed by atoms with Crippen LogP contribution in [0, 0.1) is 17.8 Å². The van der Waals surface area contributed by atoms with E-state index in [1.807, 2.05) is 0 Å². The van der Waals surface area contributed by atoms with Crippen LogP contribution in [0.25, 0.3) is 0 Å². The fourth-order valence-electron chi connectivity index (χ4n) is 3.67. The Bertz CT molecular complexity index is 289. The fraction of sp³-hybridized carbons (Fsp3) is 0.941. The molecule has 3 atom stereocenters. The molecule has 20 heavy (non-hydrogen) atoms. The molecule has 0 saturated heterocycles. The lowest BCUT2D eigenvalue weighted by Crippen LogP contribution is -2.48. The Morgan fingerprint density at radius 3 is 2.30 bits per heavy atom. The lowest BCUT2D eigenvalue weighted by molar-refractivity contribution is -0.146. The standard InChI is InChI=1S/C17H33NO2/c1-5-13(6-2)12-18(8-4)16-11-14(7-3)9-10-15(16)17(19)20/h13-16H,5-12H2,1-4H3,(H,19,20). The molecule has 1 rings (SSSR count). The third kappa shape index (κ3) is 4.47. The Morgan fingerprint density at radius 2 is 1.85 bits per heavy atom. The second-order valence-corrected chi connectivity index (χ2v) is 6.37. The maximum atomic E-state index is 11.6. The Morgan fingerprint density at radius 1 is 1.20 bits per heavy atom. The molecule has 0 aromatic carbocycles. The van der Waals surface area contributed by atoms with E-state index in [1.54, 1.807) is 0 Å². The first-order valence-corrected chi connectivity index (χ1v) is 8.53. The molecule has 3 unspecified atom stereocenters. The number of hydrogen-bond acceptors (Lipinski definition) is 2. The molecule has 0 bridgehead atoms. The van der Waals surface area contributed by atoms with Crippen molar-refractivity contribution in [2.45, 2.75) is 72.3 Å². The number of carbonyl (C=O) groups is 1. The van der Waals surface area contributed by atoms with Gasteiger partial charge in [-0.3, -0.25) is 9.69 Å². The SMILES string of the molecule is CCC1CCC(C(=O)O)C(N(CC)CC(CC)CC)C1. The van der Waals surface area contributed by atoms with Gasteiger partial charge < -0.3 is 5.11 Å². The molecule has 118 valence electrons. The van der Waals surface area contributed by atoms with Crippen molar-refractivity contribution in [1.29, 1.82) is 0 Å². The van der Waals surface area contributed by atoms with Crippen LogP contribution in [0.2, 0.25) is 0 Å². The minimum Gasteiger partial charge on any atom is -0.481 e. The van der Waals surface area contributed by atoms with E-state index in [4.69, 9.17) is 0 Å². The van der Waals surface area contributed by atoms with Gasteiger partial charge in [-0.25, -0.2) is 0 Å². The Labute approximate surface area is 124 Å². The largest absolute Gasteiger partial charge is 0.481 e. The molecule has 0 heterocycles. The third-order valence-corrected chi connectivity index (χ3v) is 5.34. The van der Waals surface area contributed by atoms with Crippen molar-refractivity contribution in [2.75, 3.05) is 13.1 Å². The van der Waals surface area contributed by atoms with E-state index in [9.17, 15) is 9.90 Å². The molecular weight excluding hydrogens is 250 g/mol. The van der Waals surface area contributed by atoms with Crippen molar-refractivity contribution >= 4 is 5.97 Å². The number of carboxylic acid groups (broad SMARTS) is 1. The molecule has 3 heteroatoms. The highest BCUT2D eigenvalue weighted by atomic mass is 16.4. The summed E-state index contributed by atoms with van der Waals surface area (Å²) >= 11 is 0. The maximum Gasteiger partial charge on any atom is 0.308 e.